The van der Waals surface area contributed by atoms with Gasteiger partial charge in [0.2, 0.25) is 11.8 Å². The topological polar surface area (TPSA) is 108 Å². The number of fused-ring (bicyclic) bond motifs is 1. The molecule has 3 heterocycles. The van der Waals surface area contributed by atoms with Crippen molar-refractivity contribution in [1.29, 1.82) is 0 Å². The first-order valence-electron chi connectivity index (χ1n) is 13.3. The smallest absolute Gasteiger partial charge is 0.248 e. The van der Waals surface area contributed by atoms with Gasteiger partial charge in [-0.3, -0.25) is 9.59 Å². The number of aromatic nitrogens is 3. The van der Waals surface area contributed by atoms with E-state index < -0.39 is 6.04 Å². The van der Waals surface area contributed by atoms with Gasteiger partial charge in [0.05, 0.1) is 25.8 Å². The number of hydrogen-bond donors (Lipinski definition) is 1. The molecule has 0 radical (unpaired) electrons. The van der Waals surface area contributed by atoms with Gasteiger partial charge in [-0.1, -0.05) is 29.5 Å². The summed E-state index contributed by atoms with van der Waals surface area (Å²) in [6, 6.07) is 16.1. The van der Waals surface area contributed by atoms with E-state index in [-0.39, 0.29) is 24.5 Å². The van der Waals surface area contributed by atoms with E-state index in [4.69, 9.17) is 14.2 Å². The van der Waals surface area contributed by atoms with Crippen LogP contribution in [-0.2, 0) is 27.3 Å². The molecule has 4 aromatic rings. The second-order valence-electron chi connectivity index (χ2n) is 9.56. The number of hydrogen-bond acceptors (Lipinski definition) is 8. The van der Waals surface area contributed by atoms with Crippen molar-refractivity contribution in [2.75, 3.05) is 33.9 Å². The van der Waals surface area contributed by atoms with Crippen LogP contribution in [0.5, 0.6) is 11.5 Å². The molecule has 0 bridgehead atoms. The molecule has 1 aliphatic rings. The Balaban J connectivity index is 1.43. The molecule has 11 heteroatoms. The summed E-state index contributed by atoms with van der Waals surface area (Å²) in [4.78, 5) is 30.2. The summed E-state index contributed by atoms with van der Waals surface area (Å²) in [7, 11) is 3.18. The summed E-state index contributed by atoms with van der Waals surface area (Å²) in [5.74, 6) is 0.766. The number of methoxy groups -OCH3 is 2. The highest BCUT2D eigenvalue weighted by atomic mass is 32.1. The Bertz CT molecular complexity index is 1430. The molecule has 1 aliphatic heterocycles. The molecular formula is C29H33N5O5S. The number of thiophene rings is 1. The normalized spacial score (nSPS) is 15.6. The molecular weight excluding hydrogens is 530 g/mol. The fourth-order valence-corrected chi connectivity index (χ4v) is 5.76. The molecule has 1 N–H and O–H groups in total. The molecule has 0 unspecified atom stereocenters. The summed E-state index contributed by atoms with van der Waals surface area (Å²) < 4.78 is 18.1. The van der Waals surface area contributed by atoms with Gasteiger partial charge in [0.15, 0.2) is 11.5 Å². The lowest BCUT2D eigenvalue weighted by atomic mass is 10.1. The molecule has 40 heavy (non-hydrogen) atoms. The van der Waals surface area contributed by atoms with Crippen LogP contribution in [0.15, 0.2) is 60.0 Å². The molecule has 0 aliphatic carbocycles. The van der Waals surface area contributed by atoms with Gasteiger partial charge in [-0.05, 0) is 60.5 Å². The SMILES string of the molecule is COc1ccc(CCN(C(=O)Cn2nnc3ccccc32)[C@@H](C(=O)NC[C@@H]2CCCO2)c2cccs2)cc1OC. The monoisotopic (exact) mass is 563 g/mol. The molecule has 2 aromatic heterocycles. The van der Waals surface area contributed by atoms with Crippen molar-refractivity contribution in [3.63, 3.8) is 0 Å². The third-order valence-corrected chi connectivity index (χ3v) is 7.94. The third-order valence-electron chi connectivity index (χ3n) is 7.02. The zero-order chi connectivity index (χ0) is 27.9. The highest BCUT2D eigenvalue weighted by molar-refractivity contribution is 7.10. The predicted molar refractivity (Wildman–Crippen MR) is 152 cm³/mol. The average molecular weight is 564 g/mol. The van der Waals surface area contributed by atoms with Gasteiger partial charge >= 0.3 is 0 Å². The van der Waals surface area contributed by atoms with Crippen molar-refractivity contribution in [2.45, 2.75) is 38.0 Å². The Morgan fingerprint density at radius 2 is 2.00 bits per heavy atom. The second-order valence-corrected chi connectivity index (χ2v) is 10.5. The summed E-state index contributed by atoms with van der Waals surface area (Å²) in [5.41, 5.74) is 2.41. The van der Waals surface area contributed by atoms with Crippen molar-refractivity contribution in [1.82, 2.24) is 25.2 Å². The Labute approximate surface area is 236 Å². The number of carbonyl (C=O) groups excluding carboxylic acids is 2. The van der Waals surface area contributed by atoms with E-state index >= 15 is 0 Å². The van der Waals surface area contributed by atoms with Crippen LogP contribution in [0.4, 0.5) is 0 Å². The van der Waals surface area contributed by atoms with Gasteiger partial charge in [0, 0.05) is 24.6 Å². The fraction of sp³-hybridized carbons (Fsp3) is 0.379. The van der Waals surface area contributed by atoms with Crippen molar-refractivity contribution in [3.05, 3.63) is 70.4 Å². The lowest BCUT2D eigenvalue weighted by Gasteiger charge is -2.31. The number of para-hydroxylation sites is 1. The van der Waals surface area contributed by atoms with Crippen LogP contribution >= 0.6 is 11.3 Å². The number of ether oxygens (including phenoxy) is 3. The number of amides is 2. The van der Waals surface area contributed by atoms with Gasteiger partial charge in [0.1, 0.15) is 18.1 Å². The van der Waals surface area contributed by atoms with Gasteiger partial charge in [-0.15, -0.1) is 16.4 Å². The molecule has 2 aromatic carbocycles. The predicted octanol–water partition coefficient (Wildman–Crippen LogP) is 3.62. The number of nitrogens with one attached hydrogen (secondary N) is 1. The largest absolute Gasteiger partial charge is 0.493 e. The lowest BCUT2D eigenvalue weighted by Crippen LogP contribution is -2.46. The van der Waals surface area contributed by atoms with Gasteiger partial charge in [-0.25, -0.2) is 4.68 Å². The average Bonchev–Trinajstić information content (AvgIpc) is 3.77. The van der Waals surface area contributed by atoms with E-state index in [9.17, 15) is 9.59 Å². The van der Waals surface area contributed by atoms with Crippen LogP contribution in [0.1, 0.15) is 29.3 Å². The van der Waals surface area contributed by atoms with Gasteiger partial charge in [0.25, 0.3) is 0 Å². The number of carbonyl (C=O) groups is 2. The Kier molecular flexibility index (Phi) is 8.92. The standard InChI is InChI=1S/C29H33N5O5S/c1-37-24-12-11-20(17-25(24)38-2)13-14-33(27(35)19-34-23-9-4-3-8-22(23)31-32-34)28(26-10-6-16-40-26)29(36)30-18-21-7-5-15-39-21/h3-4,6,8-12,16-17,21,28H,5,7,13-15,18-19H2,1-2H3,(H,30,36)/t21-,28+/m0/s1. The number of nitrogens with zero attached hydrogens (tertiary/aromatic N) is 4. The summed E-state index contributed by atoms with van der Waals surface area (Å²) in [6.45, 7) is 1.37. The van der Waals surface area contributed by atoms with E-state index in [1.807, 2.05) is 60.0 Å². The fourth-order valence-electron chi connectivity index (χ4n) is 4.92. The van der Waals surface area contributed by atoms with Crippen molar-refractivity contribution in [2.24, 2.45) is 0 Å². The first kappa shape index (κ1) is 27.6. The lowest BCUT2D eigenvalue weighted by molar-refractivity contribution is -0.141. The van der Waals surface area contributed by atoms with E-state index in [0.717, 1.165) is 28.8 Å². The minimum atomic E-state index is -0.802. The van der Waals surface area contributed by atoms with E-state index in [0.29, 0.717) is 43.1 Å². The maximum absolute atomic E-state index is 14.0. The van der Waals surface area contributed by atoms with Crippen LogP contribution in [0.2, 0.25) is 0 Å². The van der Waals surface area contributed by atoms with Crippen molar-refractivity contribution in [3.8, 4) is 11.5 Å². The number of benzene rings is 2. The van der Waals surface area contributed by atoms with Crippen LogP contribution in [0.3, 0.4) is 0 Å². The Hall–Kier alpha value is -3.96. The molecule has 1 saturated heterocycles. The van der Waals surface area contributed by atoms with Crippen LogP contribution in [0.25, 0.3) is 11.0 Å². The Morgan fingerprint density at radius 1 is 1.15 bits per heavy atom. The first-order chi connectivity index (χ1) is 19.6. The van der Waals surface area contributed by atoms with Crippen molar-refractivity contribution < 1.29 is 23.8 Å². The molecule has 5 rings (SSSR count). The van der Waals surface area contributed by atoms with Crippen LogP contribution in [-0.4, -0.2) is 71.7 Å². The molecule has 0 saturated carbocycles. The second kappa shape index (κ2) is 12.9. The maximum Gasteiger partial charge on any atom is 0.248 e. The van der Waals surface area contributed by atoms with E-state index in [1.54, 1.807) is 23.8 Å². The zero-order valence-corrected chi connectivity index (χ0v) is 23.4. The molecule has 0 spiro atoms. The van der Waals surface area contributed by atoms with Crippen molar-refractivity contribution >= 4 is 34.2 Å². The Morgan fingerprint density at radius 3 is 2.75 bits per heavy atom. The minimum absolute atomic E-state index is 0.00892. The first-order valence-corrected chi connectivity index (χ1v) is 14.2. The molecule has 10 nitrogen and oxygen atoms in total. The highest BCUT2D eigenvalue weighted by Gasteiger charge is 2.33. The molecule has 1 fully saturated rings. The van der Waals surface area contributed by atoms with Gasteiger partial charge < -0.3 is 24.4 Å². The molecule has 2 amide bonds. The zero-order valence-electron chi connectivity index (χ0n) is 22.6. The third kappa shape index (κ3) is 6.26. The number of rotatable bonds is 12. The van der Waals surface area contributed by atoms with Crippen LogP contribution < -0.4 is 14.8 Å². The van der Waals surface area contributed by atoms with Gasteiger partial charge in [-0.2, -0.15) is 0 Å². The quantitative estimate of drug-likeness (QED) is 0.281. The maximum atomic E-state index is 14.0. The highest BCUT2D eigenvalue weighted by Crippen LogP contribution is 2.30. The van der Waals surface area contributed by atoms with Crippen LogP contribution in [0, 0.1) is 0 Å². The molecule has 2 atom stereocenters. The minimum Gasteiger partial charge on any atom is -0.493 e. The molecule has 210 valence electrons. The van der Waals surface area contributed by atoms with E-state index in [1.165, 1.54) is 11.3 Å². The summed E-state index contributed by atoms with van der Waals surface area (Å²) in [6.07, 6.45) is 2.39. The summed E-state index contributed by atoms with van der Waals surface area (Å²) in [5, 5.41) is 13.4. The summed E-state index contributed by atoms with van der Waals surface area (Å²) >= 11 is 1.45. The van der Waals surface area contributed by atoms with E-state index in [2.05, 4.69) is 15.6 Å².